The van der Waals surface area contributed by atoms with E-state index in [1.807, 2.05) is 12.1 Å². The van der Waals surface area contributed by atoms with Crippen LogP contribution in [0.25, 0.3) is 0 Å². The Hall–Kier alpha value is -2.15. The first-order valence-corrected chi connectivity index (χ1v) is 6.68. The van der Waals surface area contributed by atoms with Crippen molar-refractivity contribution in [3.05, 3.63) is 51.4 Å². The third-order valence-electron chi connectivity index (χ3n) is 2.58. The maximum absolute atomic E-state index is 11.8. The minimum Gasteiger partial charge on any atom is -0.387 e. The molecule has 0 aliphatic rings. The van der Waals surface area contributed by atoms with Crippen LogP contribution in [0.5, 0.6) is 0 Å². The zero-order valence-electron chi connectivity index (χ0n) is 10.8. The Balaban J connectivity index is 2.04. The highest BCUT2D eigenvalue weighted by Crippen LogP contribution is 2.13. The van der Waals surface area contributed by atoms with E-state index in [2.05, 4.69) is 31.7 Å². The normalized spacial score (nSPS) is 10.1. The van der Waals surface area contributed by atoms with Gasteiger partial charge in [-0.2, -0.15) is 5.10 Å². The van der Waals surface area contributed by atoms with Gasteiger partial charge in [0, 0.05) is 23.3 Å². The van der Waals surface area contributed by atoms with Crippen LogP contribution < -0.4 is 16.2 Å². The predicted molar refractivity (Wildman–Crippen MR) is 80.8 cm³/mol. The van der Waals surface area contributed by atoms with Crippen molar-refractivity contribution in [3.8, 4) is 0 Å². The molecule has 0 unspecified atom stereocenters. The molecule has 2 rings (SSSR count). The summed E-state index contributed by atoms with van der Waals surface area (Å²) in [5.74, 6) is -0.306. The number of anilines is 2. The smallest absolute Gasteiger partial charge is 0.269 e. The van der Waals surface area contributed by atoms with Crippen molar-refractivity contribution < 1.29 is 4.79 Å². The molecule has 0 spiro atoms. The van der Waals surface area contributed by atoms with E-state index in [0.29, 0.717) is 11.4 Å². The van der Waals surface area contributed by atoms with Crippen LogP contribution in [-0.4, -0.2) is 22.7 Å². The van der Waals surface area contributed by atoms with Gasteiger partial charge < -0.3 is 10.6 Å². The van der Waals surface area contributed by atoms with E-state index in [1.165, 1.54) is 12.3 Å². The number of nitrogens with zero attached hydrogens (tertiary/aromatic N) is 2. The lowest BCUT2D eigenvalue weighted by molar-refractivity contribution is -0.117. The van der Waals surface area contributed by atoms with Crippen molar-refractivity contribution in [1.82, 2.24) is 9.78 Å². The quantitative estimate of drug-likeness (QED) is 0.890. The van der Waals surface area contributed by atoms with Gasteiger partial charge in [0.1, 0.15) is 6.54 Å². The molecule has 0 radical (unpaired) electrons. The van der Waals surface area contributed by atoms with Gasteiger partial charge in [-0.3, -0.25) is 9.59 Å². The van der Waals surface area contributed by atoms with Crippen molar-refractivity contribution >= 4 is 33.2 Å². The van der Waals surface area contributed by atoms with Gasteiger partial charge in [-0.1, -0.05) is 15.9 Å². The van der Waals surface area contributed by atoms with Gasteiger partial charge in [0.2, 0.25) is 5.91 Å². The lowest BCUT2D eigenvalue weighted by atomic mass is 10.3. The molecule has 104 valence electrons. The summed E-state index contributed by atoms with van der Waals surface area (Å²) >= 11 is 3.31. The maximum Gasteiger partial charge on any atom is 0.269 e. The average Bonchev–Trinajstić information content (AvgIpc) is 2.43. The summed E-state index contributed by atoms with van der Waals surface area (Å²) in [6.45, 7) is -0.126. The molecule has 0 atom stereocenters. The van der Waals surface area contributed by atoms with Crippen molar-refractivity contribution in [2.45, 2.75) is 6.54 Å². The molecule has 0 aliphatic heterocycles. The molecule has 0 fully saturated rings. The SMILES string of the molecule is CNc1cnn(CC(=O)Nc2ccc(Br)cc2)c(=O)c1. The molecule has 1 heterocycles. The summed E-state index contributed by atoms with van der Waals surface area (Å²) in [6.07, 6.45) is 1.49. The fraction of sp³-hybridized carbons (Fsp3) is 0.154. The highest BCUT2D eigenvalue weighted by Gasteiger charge is 2.06. The number of hydrogen-bond donors (Lipinski definition) is 2. The molecule has 20 heavy (non-hydrogen) atoms. The predicted octanol–water partition coefficient (Wildman–Crippen LogP) is 1.69. The largest absolute Gasteiger partial charge is 0.387 e. The van der Waals surface area contributed by atoms with E-state index in [-0.39, 0.29) is 18.0 Å². The van der Waals surface area contributed by atoms with Crippen LogP contribution >= 0.6 is 15.9 Å². The van der Waals surface area contributed by atoms with Crippen LogP contribution in [0, 0.1) is 0 Å². The van der Waals surface area contributed by atoms with Gasteiger partial charge >= 0.3 is 0 Å². The summed E-state index contributed by atoms with van der Waals surface area (Å²) < 4.78 is 2.03. The number of carbonyl (C=O) groups is 1. The average molecular weight is 337 g/mol. The molecular formula is C13H13BrN4O2. The Morgan fingerprint density at radius 2 is 2.00 bits per heavy atom. The van der Waals surface area contributed by atoms with Crippen LogP contribution in [0.4, 0.5) is 11.4 Å². The minimum atomic E-state index is -0.331. The molecule has 1 amide bonds. The standard InChI is InChI=1S/C13H13BrN4O2/c1-15-11-6-13(20)18(16-7-11)8-12(19)17-10-4-2-9(14)3-5-10/h2-7,15H,8H2,1H3,(H,17,19). The van der Waals surface area contributed by atoms with Crippen LogP contribution in [0.1, 0.15) is 0 Å². The van der Waals surface area contributed by atoms with E-state index in [0.717, 1.165) is 9.15 Å². The molecule has 1 aromatic heterocycles. The maximum atomic E-state index is 11.8. The first-order valence-electron chi connectivity index (χ1n) is 5.89. The van der Waals surface area contributed by atoms with Crippen molar-refractivity contribution in [3.63, 3.8) is 0 Å². The van der Waals surface area contributed by atoms with E-state index in [1.54, 1.807) is 19.2 Å². The summed E-state index contributed by atoms with van der Waals surface area (Å²) in [6, 6.07) is 8.56. The van der Waals surface area contributed by atoms with Gasteiger partial charge in [-0.25, -0.2) is 4.68 Å². The van der Waals surface area contributed by atoms with Crippen molar-refractivity contribution in [2.24, 2.45) is 0 Å². The Kier molecular flexibility index (Phi) is 4.52. The minimum absolute atomic E-state index is 0.126. The molecule has 6 nitrogen and oxygen atoms in total. The molecule has 2 N–H and O–H groups in total. The van der Waals surface area contributed by atoms with Gasteiger partial charge in [-0.05, 0) is 24.3 Å². The fourth-order valence-corrected chi connectivity index (χ4v) is 1.82. The third kappa shape index (κ3) is 3.67. The molecule has 7 heteroatoms. The number of carbonyl (C=O) groups excluding carboxylic acids is 1. The number of nitrogens with one attached hydrogen (secondary N) is 2. The molecule has 0 saturated carbocycles. The van der Waals surface area contributed by atoms with E-state index in [4.69, 9.17) is 0 Å². The van der Waals surface area contributed by atoms with Crippen LogP contribution in [0.2, 0.25) is 0 Å². The number of hydrogen-bond acceptors (Lipinski definition) is 4. The van der Waals surface area contributed by atoms with Gasteiger partial charge in [0.15, 0.2) is 0 Å². The second-order valence-electron chi connectivity index (χ2n) is 4.05. The molecular weight excluding hydrogens is 324 g/mol. The Labute approximate surface area is 123 Å². The molecule has 0 bridgehead atoms. The van der Waals surface area contributed by atoms with Crippen LogP contribution in [-0.2, 0) is 11.3 Å². The summed E-state index contributed by atoms with van der Waals surface area (Å²) in [5, 5.41) is 9.43. The summed E-state index contributed by atoms with van der Waals surface area (Å²) in [4.78, 5) is 23.5. The summed E-state index contributed by atoms with van der Waals surface area (Å²) in [5.41, 5.74) is 0.945. The monoisotopic (exact) mass is 336 g/mol. The fourth-order valence-electron chi connectivity index (χ4n) is 1.56. The van der Waals surface area contributed by atoms with Crippen LogP contribution in [0.15, 0.2) is 45.8 Å². The first-order chi connectivity index (χ1) is 9.58. The van der Waals surface area contributed by atoms with Crippen molar-refractivity contribution in [1.29, 1.82) is 0 Å². The van der Waals surface area contributed by atoms with E-state index >= 15 is 0 Å². The third-order valence-corrected chi connectivity index (χ3v) is 3.11. The Morgan fingerprint density at radius 3 is 2.60 bits per heavy atom. The zero-order chi connectivity index (χ0) is 14.5. The number of aromatic nitrogens is 2. The second-order valence-corrected chi connectivity index (χ2v) is 4.96. The molecule has 0 aliphatic carbocycles. The number of benzene rings is 1. The van der Waals surface area contributed by atoms with Gasteiger partial charge in [0.05, 0.1) is 11.9 Å². The van der Waals surface area contributed by atoms with Gasteiger partial charge in [0.25, 0.3) is 5.56 Å². The lowest BCUT2D eigenvalue weighted by Crippen LogP contribution is -2.29. The first kappa shape index (κ1) is 14.3. The van der Waals surface area contributed by atoms with Crippen molar-refractivity contribution in [2.75, 3.05) is 17.7 Å². The number of amides is 1. The summed E-state index contributed by atoms with van der Waals surface area (Å²) in [7, 11) is 1.70. The molecule has 1 aromatic carbocycles. The number of halogens is 1. The lowest BCUT2D eigenvalue weighted by Gasteiger charge is -2.07. The highest BCUT2D eigenvalue weighted by atomic mass is 79.9. The second kappa shape index (κ2) is 6.33. The Morgan fingerprint density at radius 1 is 1.30 bits per heavy atom. The molecule has 0 saturated heterocycles. The van der Waals surface area contributed by atoms with E-state index < -0.39 is 0 Å². The van der Waals surface area contributed by atoms with Gasteiger partial charge in [-0.15, -0.1) is 0 Å². The van der Waals surface area contributed by atoms with E-state index in [9.17, 15) is 9.59 Å². The highest BCUT2D eigenvalue weighted by molar-refractivity contribution is 9.10. The number of rotatable bonds is 4. The zero-order valence-corrected chi connectivity index (χ0v) is 12.3. The van der Waals surface area contributed by atoms with Crippen LogP contribution in [0.3, 0.4) is 0 Å². The Bertz CT molecular complexity index is 667. The topological polar surface area (TPSA) is 76.0 Å². The molecule has 2 aromatic rings.